The summed E-state index contributed by atoms with van der Waals surface area (Å²) in [5, 5.41) is 0.528. The van der Waals surface area contributed by atoms with Gasteiger partial charge in [-0.25, -0.2) is 9.79 Å². The van der Waals surface area contributed by atoms with Crippen LogP contribution in [0.25, 0.3) is 6.08 Å². The van der Waals surface area contributed by atoms with Gasteiger partial charge in [-0.3, -0.25) is 9.36 Å². The Labute approximate surface area is 224 Å². The molecule has 9 heteroatoms. The molecule has 0 saturated heterocycles. The van der Waals surface area contributed by atoms with Crippen molar-refractivity contribution in [1.29, 1.82) is 0 Å². The fraction of sp³-hybridized carbons (Fsp3) is 0.321. The highest BCUT2D eigenvalue weighted by molar-refractivity contribution is 7.07. The second-order valence-corrected chi connectivity index (χ2v) is 10.1. The van der Waals surface area contributed by atoms with Crippen molar-refractivity contribution in [2.45, 2.75) is 46.8 Å². The summed E-state index contributed by atoms with van der Waals surface area (Å²) in [5.41, 5.74) is 1.87. The molecule has 0 unspecified atom stereocenters. The average Bonchev–Trinajstić information content (AvgIpc) is 3.14. The van der Waals surface area contributed by atoms with E-state index in [0.717, 1.165) is 0 Å². The van der Waals surface area contributed by atoms with Crippen LogP contribution in [-0.4, -0.2) is 29.9 Å². The summed E-state index contributed by atoms with van der Waals surface area (Å²) >= 11 is 7.48. The summed E-state index contributed by atoms with van der Waals surface area (Å²) in [6.45, 7) is 9.92. The van der Waals surface area contributed by atoms with Crippen molar-refractivity contribution in [2.75, 3.05) is 13.2 Å². The normalized spacial score (nSPS) is 15.4. The summed E-state index contributed by atoms with van der Waals surface area (Å²) in [6.07, 6.45) is 1.64. The van der Waals surface area contributed by atoms with Gasteiger partial charge in [-0.15, -0.1) is 0 Å². The molecule has 37 heavy (non-hydrogen) atoms. The third kappa shape index (κ3) is 5.50. The van der Waals surface area contributed by atoms with Gasteiger partial charge in [0.05, 0.1) is 35.1 Å². The van der Waals surface area contributed by atoms with Crippen LogP contribution in [0, 0.1) is 0 Å². The van der Waals surface area contributed by atoms with Crippen molar-refractivity contribution in [3.63, 3.8) is 0 Å². The molecule has 3 aromatic rings. The highest BCUT2D eigenvalue weighted by Gasteiger charge is 2.35. The summed E-state index contributed by atoms with van der Waals surface area (Å²) < 4.78 is 19.2. The number of para-hydroxylation sites is 1. The highest BCUT2D eigenvalue weighted by atomic mass is 35.5. The molecule has 1 aliphatic heterocycles. The highest BCUT2D eigenvalue weighted by Crippen LogP contribution is 2.36. The van der Waals surface area contributed by atoms with Crippen LogP contribution < -0.4 is 24.4 Å². The minimum Gasteiger partial charge on any atom is -0.493 e. The van der Waals surface area contributed by atoms with Crippen LogP contribution in [0.15, 0.2) is 63.5 Å². The maximum atomic E-state index is 13.9. The lowest BCUT2D eigenvalue weighted by Crippen LogP contribution is -2.40. The van der Waals surface area contributed by atoms with Crippen molar-refractivity contribution >= 4 is 35.0 Å². The maximum absolute atomic E-state index is 13.9. The number of carbonyl (C=O) groups is 1. The van der Waals surface area contributed by atoms with Gasteiger partial charge in [-0.2, -0.15) is 0 Å². The summed E-state index contributed by atoms with van der Waals surface area (Å²) in [5.74, 6) is 0.686. The van der Waals surface area contributed by atoms with Crippen molar-refractivity contribution in [3.8, 4) is 11.5 Å². The fourth-order valence-corrected chi connectivity index (χ4v) is 5.43. The molecular formula is C28H29ClN2O5S. The first-order valence-corrected chi connectivity index (χ1v) is 13.3. The Morgan fingerprint density at radius 3 is 2.62 bits per heavy atom. The monoisotopic (exact) mass is 540 g/mol. The smallest absolute Gasteiger partial charge is 0.338 e. The van der Waals surface area contributed by atoms with Crippen LogP contribution in [0.1, 0.15) is 51.8 Å². The van der Waals surface area contributed by atoms with Gasteiger partial charge in [0.1, 0.15) is 17.5 Å². The number of aromatic nitrogens is 1. The molecule has 0 amide bonds. The zero-order valence-corrected chi connectivity index (χ0v) is 23.0. The van der Waals surface area contributed by atoms with Crippen LogP contribution in [0.3, 0.4) is 0 Å². The molecule has 2 aromatic carbocycles. The summed E-state index contributed by atoms with van der Waals surface area (Å²) in [7, 11) is 0. The van der Waals surface area contributed by atoms with E-state index in [9.17, 15) is 9.59 Å². The van der Waals surface area contributed by atoms with E-state index >= 15 is 0 Å². The molecule has 0 saturated carbocycles. The van der Waals surface area contributed by atoms with E-state index in [0.29, 0.717) is 54.9 Å². The number of allylic oxidation sites excluding steroid dienone is 1. The first-order chi connectivity index (χ1) is 17.7. The molecule has 0 bridgehead atoms. The number of esters is 1. The Balaban J connectivity index is 1.99. The number of halogens is 1. The second-order valence-electron chi connectivity index (χ2n) is 8.62. The number of ether oxygens (including phenoxy) is 3. The lowest BCUT2D eigenvalue weighted by molar-refractivity contribution is -0.139. The summed E-state index contributed by atoms with van der Waals surface area (Å²) in [4.78, 5) is 32.2. The minimum atomic E-state index is -0.766. The van der Waals surface area contributed by atoms with Crippen LogP contribution in [0.4, 0.5) is 0 Å². The van der Waals surface area contributed by atoms with Gasteiger partial charge in [0.15, 0.2) is 4.80 Å². The Morgan fingerprint density at radius 2 is 1.92 bits per heavy atom. The van der Waals surface area contributed by atoms with Gasteiger partial charge in [0.2, 0.25) is 0 Å². The van der Waals surface area contributed by atoms with E-state index < -0.39 is 12.0 Å². The number of nitrogens with zero attached hydrogens (tertiary/aromatic N) is 2. The number of thiazole rings is 1. The van der Waals surface area contributed by atoms with E-state index in [4.69, 9.17) is 25.8 Å². The molecular weight excluding hydrogens is 512 g/mol. The molecule has 1 aromatic heterocycles. The minimum absolute atomic E-state index is 0.104. The van der Waals surface area contributed by atoms with E-state index in [1.807, 2.05) is 45.0 Å². The molecule has 1 atom stereocenters. The first kappa shape index (κ1) is 26.7. The van der Waals surface area contributed by atoms with Crippen LogP contribution in [0.5, 0.6) is 11.5 Å². The van der Waals surface area contributed by atoms with Crippen molar-refractivity contribution in [3.05, 3.63) is 89.6 Å². The number of carbonyl (C=O) groups excluding carboxylic acids is 1. The molecule has 0 radical (unpaired) electrons. The first-order valence-electron chi connectivity index (χ1n) is 12.1. The topological polar surface area (TPSA) is 79.1 Å². The lowest BCUT2D eigenvalue weighted by atomic mass is 9.95. The van der Waals surface area contributed by atoms with E-state index in [1.54, 1.807) is 42.7 Å². The van der Waals surface area contributed by atoms with Crippen LogP contribution in [-0.2, 0) is 9.53 Å². The molecule has 2 heterocycles. The zero-order valence-electron chi connectivity index (χ0n) is 21.4. The Hall–Kier alpha value is -3.36. The van der Waals surface area contributed by atoms with E-state index in [1.165, 1.54) is 11.3 Å². The Kier molecular flexibility index (Phi) is 8.19. The summed E-state index contributed by atoms with van der Waals surface area (Å²) in [6, 6.07) is 11.9. The Bertz CT molecular complexity index is 1540. The van der Waals surface area contributed by atoms with Gasteiger partial charge in [0, 0.05) is 16.1 Å². The van der Waals surface area contributed by atoms with Gasteiger partial charge >= 0.3 is 5.97 Å². The van der Waals surface area contributed by atoms with Gasteiger partial charge in [-0.1, -0.05) is 41.1 Å². The third-order valence-electron chi connectivity index (χ3n) is 5.65. The predicted octanol–water partition coefficient (Wildman–Crippen LogP) is 4.64. The van der Waals surface area contributed by atoms with Gasteiger partial charge in [0.25, 0.3) is 5.56 Å². The molecule has 0 aliphatic carbocycles. The van der Waals surface area contributed by atoms with E-state index in [2.05, 4.69) is 4.99 Å². The van der Waals surface area contributed by atoms with Crippen molar-refractivity contribution < 1.29 is 19.0 Å². The van der Waals surface area contributed by atoms with Crippen LogP contribution in [0.2, 0.25) is 5.02 Å². The van der Waals surface area contributed by atoms with Crippen molar-refractivity contribution in [1.82, 2.24) is 4.57 Å². The molecule has 4 rings (SSSR count). The van der Waals surface area contributed by atoms with E-state index in [-0.39, 0.29) is 18.3 Å². The average molecular weight is 541 g/mol. The third-order valence-corrected chi connectivity index (χ3v) is 6.87. The Morgan fingerprint density at radius 1 is 1.16 bits per heavy atom. The maximum Gasteiger partial charge on any atom is 0.338 e. The predicted molar refractivity (Wildman–Crippen MR) is 145 cm³/mol. The fourth-order valence-electron chi connectivity index (χ4n) is 4.21. The SMILES string of the molecule is CCOC(=O)C1=C(C)N=c2s/c(=C\c3cc(Cl)ccc3OCC)c(=O)n2[C@H]1c1ccccc1OC(C)C. The number of rotatable bonds is 8. The zero-order chi connectivity index (χ0) is 26.7. The largest absolute Gasteiger partial charge is 0.493 e. The number of hydrogen-bond donors (Lipinski definition) is 0. The van der Waals surface area contributed by atoms with Crippen molar-refractivity contribution in [2.24, 2.45) is 4.99 Å². The molecule has 1 aliphatic rings. The van der Waals surface area contributed by atoms with Gasteiger partial charge in [-0.05, 0) is 65.0 Å². The van der Waals surface area contributed by atoms with Crippen LogP contribution >= 0.6 is 22.9 Å². The number of benzene rings is 2. The quantitative estimate of drug-likeness (QED) is 0.389. The second kappa shape index (κ2) is 11.4. The van der Waals surface area contributed by atoms with Gasteiger partial charge < -0.3 is 14.2 Å². The number of hydrogen-bond acceptors (Lipinski definition) is 7. The molecule has 194 valence electrons. The lowest BCUT2D eigenvalue weighted by Gasteiger charge is -2.26. The molecule has 0 fully saturated rings. The standard InChI is InChI=1S/C28H29ClN2O5S/c1-6-34-21-13-12-19(29)14-18(21)15-23-26(32)31-25(20-10-8-9-11-22(20)36-16(3)4)24(27(33)35-7-2)17(5)30-28(31)37-23/h8-16,25H,6-7H2,1-5H3/b23-15-/t25-/m0/s1. The molecule has 0 spiro atoms. The molecule has 0 N–H and O–H groups in total. The number of fused-ring (bicyclic) bond motifs is 1. The molecule has 7 nitrogen and oxygen atoms in total.